The zero-order chi connectivity index (χ0) is 15.8. The van der Waals surface area contributed by atoms with Gasteiger partial charge in [-0.3, -0.25) is 19.7 Å². The number of benzene rings is 1. The first kappa shape index (κ1) is 16.7. The predicted molar refractivity (Wildman–Crippen MR) is 72.9 cm³/mol. The van der Waals surface area contributed by atoms with E-state index in [9.17, 15) is 24.1 Å². The van der Waals surface area contributed by atoms with Gasteiger partial charge in [-0.1, -0.05) is 18.9 Å². The van der Waals surface area contributed by atoms with Crippen molar-refractivity contribution in [2.75, 3.05) is 0 Å². The van der Waals surface area contributed by atoms with E-state index < -0.39 is 22.4 Å². The van der Waals surface area contributed by atoms with Crippen molar-refractivity contribution >= 4 is 17.9 Å². The van der Waals surface area contributed by atoms with Crippen molar-refractivity contribution in [3.05, 3.63) is 39.2 Å². The molecule has 1 N–H and O–H groups in total. The predicted octanol–water partition coefficient (Wildman–Crippen LogP) is 3.12. The highest BCUT2D eigenvalue weighted by atomic mass is 19.1. The number of aldehydes is 1. The van der Waals surface area contributed by atoms with E-state index >= 15 is 0 Å². The molecule has 0 spiro atoms. The molecular formula is C14H16FNO5. The van der Waals surface area contributed by atoms with Gasteiger partial charge in [0.2, 0.25) is 5.82 Å². The van der Waals surface area contributed by atoms with Crippen LogP contribution < -0.4 is 0 Å². The van der Waals surface area contributed by atoms with Gasteiger partial charge in [0.1, 0.15) is 0 Å². The minimum atomic E-state index is -1.02. The highest BCUT2D eigenvalue weighted by Crippen LogP contribution is 2.25. The van der Waals surface area contributed by atoms with Crippen LogP contribution in [0.25, 0.3) is 0 Å². The van der Waals surface area contributed by atoms with Crippen LogP contribution in [0.5, 0.6) is 0 Å². The molecule has 0 heterocycles. The molecule has 0 atom stereocenters. The maximum Gasteiger partial charge on any atom is 0.315 e. The molecule has 0 aliphatic carbocycles. The Bertz CT molecular complexity index is 544. The Morgan fingerprint density at radius 2 is 1.95 bits per heavy atom. The summed E-state index contributed by atoms with van der Waals surface area (Å²) in [5, 5.41) is 19.3. The molecule has 1 aromatic rings. The molecular weight excluding hydrogens is 281 g/mol. The molecule has 1 aromatic carbocycles. The van der Waals surface area contributed by atoms with Crippen LogP contribution in [0, 0.1) is 15.9 Å². The second-order valence-electron chi connectivity index (χ2n) is 4.65. The number of nitrogens with zero attached hydrogens (tertiary/aromatic N) is 1. The van der Waals surface area contributed by atoms with Crippen molar-refractivity contribution in [2.45, 2.75) is 38.5 Å². The van der Waals surface area contributed by atoms with E-state index in [1.54, 1.807) is 0 Å². The number of carbonyl (C=O) groups is 2. The molecule has 0 amide bonds. The Balaban J connectivity index is 2.63. The van der Waals surface area contributed by atoms with Crippen molar-refractivity contribution in [1.29, 1.82) is 0 Å². The maximum absolute atomic E-state index is 13.4. The Hall–Kier alpha value is -2.31. The minimum Gasteiger partial charge on any atom is -0.481 e. The number of nitro benzene ring substituents is 1. The number of aryl methyl sites for hydroxylation is 1. The van der Waals surface area contributed by atoms with Gasteiger partial charge in [0, 0.05) is 6.42 Å². The normalized spacial score (nSPS) is 10.3. The average Bonchev–Trinajstić information content (AvgIpc) is 2.42. The summed E-state index contributed by atoms with van der Waals surface area (Å²) >= 11 is 0. The summed E-state index contributed by atoms with van der Waals surface area (Å²) in [4.78, 5) is 31.2. The van der Waals surface area contributed by atoms with Crippen molar-refractivity contribution in [1.82, 2.24) is 0 Å². The van der Waals surface area contributed by atoms with E-state index in [1.807, 2.05) is 0 Å². The fourth-order valence-electron chi connectivity index (χ4n) is 2.10. The topological polar surface area (TPSA) is 97.5 Å². The molecule has 0 saturated heterocycles. The van der Waals surface area contributed by atoms with E-state index in [0.29, 0.717) is 31.1 Å². The lowest BCUT2D eigenvalue weighted by molar-refractivity contribution is -0.387. The molecule has 0 bridgehead atoms. The largest absolute Gasteiger partial charge is 0.481 e. The maximum atomic E-state index is 13.4. The van der Waals surface area contributed by atoms with Crippen LogP contribution in [0.1, 0.15) is 48.0 Å². The number of hydrogen-bond acceptors (Lipinski definition) is 4. The van der Waals surface area contributed by atoms with E-state index in [1.165, 1.54) is 6.07 Å². The number of hydrogen-bond donors (Lipinski definition) is 1. The molecule has 0 saturated carbocycles. The highest BCUT2D eigenvalue weighted by Gasteiger charge is 2.22. The molecule has 0 unspecified atom stereocenters. The van der Waals surface area contributed by atoms with Crippen LogP contribution >= 0.6 is 0 Å². The van der Waals surface area contributed by atoms with Crippen LogP contribution in [0.2, 0.25) is 0 Å². The minimum absolute atomic E-state index is 0.113. The van der Waals surface area contributed by atoms with E-state index in [0.717, 1.165) is 18.9 Å². The van der Waals surface area contributed by atoms with Crippen molar-refractivity contribution in [3.63, 3.8) is 0 Å². The number of nitro groups is 1. The quantitative estimate of drug-likeness (QED) is 0.327. The lowest BCUT2D eigenvalue weighted by atomic mass is 9.99. The van der Waals surface area contributed by atoms with Gasteiger partial charge in [0.05, 0.1) is 10.5 Å². The zero-order valence-electron chi connectivity index (χ0n) is 11.4. The van der Waals surface area contributed by atoms with Gasteiger partial charge in [-0.05, 0) is 30.9 Å². The Labute approximate surface area is 120 Å². The molecule has 6 nitrogen and oxygen atoms in total. The lowest BCUT2D eigenvalue weighted by Crippen LogP contribution is -2.03. The van der Waals surface area contributed by atoms with Crippen LogP contribution in [0.3, 0.4) is 0 Å². The summed E-state index contributed by atoms with van der Waals surface area (Å²) in [6.45, 7) is 0. The molecule has 0 aromatic heterocycles. The lowest BCUT2D eigenvalue weighted by Gasteiger charge is -2.06. The van der Waals surface area contributed by atoms with E-state index in [2.05, 4.69) is 0 Å². The van der Waals surface area contributed by atoms with Gasteiger partial charge >= 0.3 is 11.7 Å². The third-order valence-electron chi connectivity index (χ3n) is 3.15. The SMILES string of the molecule is O=Cc1c(CCCCCCC(=O)O)ccc(F)c1[N+](=O)[O-]. The van der Waals surface area contributed by atoms with E-state index in [-0.39, 0.29) is 12.0 Å². The average molecular weight is 297 g/mol. The standard InChI is InChI=1S/C14H16FNO5/c15-12-8-7-10(11(9-17)14(12)16(20)21)5-3-1-2-4-6-13(18)19/h7-9H,1-6H2,(H,18,19). The summed E-state index contributed by atoms with van der Waals surface area (Å²) < 4.78 is 13.4. The van der Waals surface area contributed by atoms with Gasteiger partial charge < -0.3 is 5.11 Å². The summed E-state index contributed by atoms with van der Waals surface area (Å²) in [6, 6.07) is 2.37. The molecule has 0 aliphatic rings. The summed E-state index contributed by atoms with van der Waals surface area (Å²) in [5.41, 5.74) is -0.560. The van der Waals surface area contributed by atoms with Crippen molar-refractivity contribution in [3.8, 4) is 0 Å². The molecule has 0 aliphatic heterocycles. The number of carboxylic acid groups (broad SMARTS) is 1. The van der Waals surface area contributed by atoms with Crippen molar-refractivity contribution in [2.24, 2.45) is 0 Å². The van der Waals surface area contributed by atoms with E-state index in [4.69, 9.17) is 5.11 Å². The third-order valence-corrected chi connectivity index (χ3v) is 3.15. The Kier molecular flexibility index (Phi) is 6.45. The number of aliphatic carboxylic acids is 1. The van der Waals surface area contributed by atoms with Gasteiger partial charge in [-0.25, -0.2) is 0 Å². The molecule has 21 heavy (non-hydrogen) atoms. The number of unbranched alkanes of at least 4 members (excludes halogenated alkanes) is 3. The molecule has 114 valence electrons. The summed E-state index contributed by atoms with van der Waals surface area (Å²) in [7, 11) is 0. The number of carboxylic acids is 1. The van der Waals surface area contributed by atoms with Crippen LogP contribution in [-0.4, -0.2) is 22.3 Å². The van der Waals surface area contributed by atoms with Gasteiger partial charge in [-0.15, -0.1) is 0 Å². The first-order valence-corrected chi connectivity index (χ1v) is 6.60. The van der Waals surface area contributed by atoms with Gasteiger partial charge in [0.25, 0.3) is 0 Å². The smallest absolute Gasteiger partial charge is 0.315 e. The molecule has 0 radical (unpaired) electrons. The van der Waals surface area contributed by atoms with Gasteiger partial charge in [0.15, 0.2) is 6.29 Å². The second kappa shape index (κ2) is 8.08. The monoisotopic (exact) mass is 297 g/mol. The number of carbonyl (C=O) groups excluding carboxylic acids is 1. The summed E-state index contributed by atoms with van der Waals surface area (Å²) in [5.74, 6) is -1.86. The summed E-state index contributed by atoms with van der Waals surface area (Å²) in [6.07, 6.45) is 3.54. The highest BCUT2D eigenvalue weighted by molar-refractivity contribution is 5.83. The first-order chi connectivity index (χ1) is 9.97. The van der Waals surface area contributed by atoms with Gasteiger partial charge in [-0.2, -0.15) is 4.39 Å². The molecule has 7 heteroatoms. The van der Waals surface area contributed by atoms with Crippen molar-refractivity contribution < 1.29 is 24.0 Å². The fraction of sp³-hybridized carbons (Fsp3) is 0.429. The molecule has 1 rings (SSSR count). The Morgan fingerprint density at radius 1 is 1.29 bits per heavy atom. The van der Waals surface area contributed by atoms with Crippen LogP contribution in [0.15, 0.2) is 12.1 Å². The Morgan fingerprint density at radius 3 is 2.52 bits per heavy atom. The zero-order valence-corrected chi connectivity index (χ0v) is 11.4. The molecule has 0 fully saturated rings. The second-order valence-corrected chi connectivity index (χ2v) is 4.65. The fourth-order valence-corrected chi connectivity index (χ4v) is 2.10. The first-order valence-electron chi connectivity index (χ1n) is 6.60. The number of rotatable bonds is 9. The number of halogens is 1. The third kappa shape index (κ3) is 4.94. The van der Waals surface area contributed by atoms with Crippen LogP contribution in [0.4, 0.5) is 10.1 Å². The van der Waals surface area contributed by atoms with Crippen LogP contribution in [-0.2, 0) is 11.2 Å².